The van der Waals surface area contributed by atoms with Gasteiger partial charge in [0.25, 0.3) is 5.91 Å². The van der Waals surface area contributed by atoms with Crippen molar-refractivity contribution in [2.24, 2.45) is 0 Å². The van der Waals surface area contributed by atoms with E-state index in [1.807, 2.05) is 84.8 Å². The fraction of sp³-hybridized carbons (Fsp3) is 0.259. The summed E-state index contributed by atoms with van der Waals surface area (Å²) in [6, 6.07) is 20.8. The molecule has 0 radical (unpaired) electrons. The van der Waals surface area contributed by atoms with E-state index in [0.717, 1.165) is 16.6 Å². The Labute approximate surface area is 199 Å². The van der Waals surface area contributed by atoms with E-state index >= 15 is 0 Å². The Hall–Kier alpha value is -4.00. The number of hydrogen-bond acceptors (Lipinski definition) is 4. The summed E-state index contributed by atoms with van der Waals surface area (Å²) < 4.78 is 1.91. The van der Waals surface area contributed by atoms with Gasteiger partial charge in [0.05, 0.1) is 22.6 Å². The van der Waals surface area contributed by atoms with Crippen molar-refractivity contribution in [1.29, 1.82) is 0 Å². The SMILES string of the molecule is CC(NC(=O)c1cccnc1)c1nc2ccccc2n1CC(=O)N(Cc1ccccc1)C(C)C. The lowest BCUT2D eigenvalue weighted by molar-refractivity contribution is -0.134. The number of rotatable bonds is 8. The molecule has 34 heavy (non-hydrogen) atoms. The minimum atomic E-state index is -0.408. The monoisotopic (exact) mass is 455 g/mol. The second-order valence-electron chi connectivity index (χ2n) is 8.58. The Morgan fingerprint density at radius 1 is 0.971 bits per heavy atom. The van der Waals surface area contributed by atoms with Crippen LogP contribution in [0.25, 0.3) is 11.0 Å². The number of benzene rings is 2. The van der Waals surface area contributed by atoms with Gasteiger partial charge in [-0.2, -0.15) is 0 Å². The summed E-state index contributed by atoms with van der Waals surface area (Å²) in [5, 5.41) is 2.99. The van der Waals surface area contributed by atoms with Gasteiger partial charge in [-0.05, 0) is 50.6 Å². The molecule has 0 saturated heterocycles. The van der Waals surface area contributed by atoms with Crippen LogP contribution in [0.5, 0.6) is 0 Å². The highest BCUT2D eigenvalue weighted by molar-refractivity contribution is 5.94. The summed E-state index contributed by atoms with van der Waals surface area (Å²) in [5.41, 5.74) is 3.20. The maximum Gasteiger partial charge on any atom is 0.253 e. The molecule has 0 bridgehead atoms. The smallest absolute Gasteiger partial charge is 0.253 e. The molecule has 7 nitrogen and oxygen atoms in total. The third-order valence-corrected chi connectivity index (χ3v) is 5.78. The van der Waals surface area contributed by atoms with Crippen molar-refractivity contribution in [2.45, 2.75) is 45.9 Å². The lowest BCUT2D eigenvalue weighted by Crippen LogP contribution is -2.39. The summed E-state index contributed by atoms with van der Waals surface area (Å²) in [7, 11) is 0. The number of para-hydroxylation sites is 2. The van der Waals surface area contributed by atoms with Gasteiger partial charge in [0.15, 0.2) is 0 Å². The average molecular weight is 456 g/mol. The zero-order chi connectivity index (χ0) is 24.1. The summed E-state index contributed by atoms with van der Waals surface area (Å²) in [4.78, 5) is 36.9. The minimum Gasteiger partial charge on any atom is -0.342 e. The molecule has 2 heterocycles. The van der Waals surface area contributed by atoms with Crippen molar-refractivity contribution in [3.05, 3.63) is 96.1 Å². The van der Waals surface area contributed by atoms with Crippen molar-refractivity contribution in [1.82, 2.24) is 24.8 Å². The second kappa shape index (κ2) is 10.3. The summed E-state index contributed by atoms with van der Waals surface area (Å²) in [5.74, 6) is 0.391. The molecule has 1 unspecified atom stereocenters. The quantitative estimate of drug-likeness (QED) is 0.428. The average Bonchev–Trinajstić information content (AvgIpc) is 3.22. The first-order valence-electron chi connectivity index (χ1n) is 11.4. The van der Waals surface area contributed by atoms with Crippen LogP contribution in [-0.4, -0.2) is 37.3 Å². The van der Waals surface area contributed by atoms with Crippen molar-refractivity contribution >= 4 is 22.8 Å². The molecular weight excluding hydrogens is 426 g/mol. The van der Waals surface area contributed by atoms with Gasteiger partial charge in [0.2, 0.25) is 5.91 Å². The zero-order valence-corrected chi connectivity index (χ0v) is 19.7. The van der Waals surface area contributed by atoms with Crippen LogP contribution in [0.1, 0.15) is 48.6 Å². The van der Waals surface area contributed by atoms with E-state index in [-0.39, 0.29) is 24.4 Å². The molecule has 7 heteroatoms. The molecule has 0 saturated carbocycles. The number of imidazole rings is 1. The highest BCUT2D eigenvalue weighted by atomic mass is 16.2. The lowest BCUT2D eigenvalue weighted by Gasteiger charge is -2.28. The molecule has 0 aliphatic carbocycles. The van der Waals surface area contributed by atoms with E-state index in [1.165, 1.54) is 6.20 Å². The Balaban J connectivity index is 1.61. The number of aromatic nitrogens is 3. The predicted molar refractivity (Wildman–Crippen MR) is 132 cm³/mol. The number of carbonyl (C=O) groups excluding carboxylic acids is 2. The van der Waals surface area contributed by atoms with E-state index < -0.39 is 6.04 Å². The summed E-state index contributed by atoms with van der Waals surface area (Å²) in [6.07, 6.45) is 3.15. The second-order valence-corrected chi connectivity index (χ2v) is 8.58. The van der Waals surface area contributed by atoms with Gasteiger partial charge in [-0.3, -0.25) is 14.6 Å². The number of pyridine rings is 1. The number of nitrogens with one attached hydrogen (secondary N) is 1. The molecule has 4 rings (SSSR count). The number of carbonyl (C=O) groups is 2. The fourth-order valence-electron chi connectivity index (χ4n) is 4.00. The van der Waals surface area contributed by atoms with Gasteiger partial charge in [-0.25, -0.2) is 4.98 Å². The molecule has 0 aliphatic rings. The maximum absolute atomic E-state index is 13.5. The van der Waals surface area contributed by atoms with Crippen molar-refractivity contribution in [2.75, 3.05) is 0 Å². The third-order valence-electron chi connectivity index (χ3n) is 5.78. The first-order chi connectivity index (χ1) is 16.4. The Morgan fingerprint density at radius 2 is 1.71 bits per heavy atom. The lowest BCUT2D eigenvalue weighted by atomic mass is 10.2. The van der Waals surface area contributed by atoms with E-state index in [0.29, 0.717) is 17.9 Å². The molecule has 2 aromatic heterocycles. The molecule has 1 N–H and O–H groups in total. The normalized spacial score (nSPS) is 12.0. The highest BCUT2D eigenvalue weighted by Crippen LogP contribution is 2.22. The Kier molecular flexibility index (Phi) is 7.01. The topological polar surface area (TPSA) is 80.1 Å². The van der Waals surface area contributed by atoms with E-state index in [1.54, 1.807) is 18.3 Å². The first kappa shape index (κ1) is 23.2. The number of hydrogen-bond donors (Lipinski definition) is 1. The molecule has 0 fully saturated rings. The highest BCUT2D eigenvalue weighted by Gasteiger charge is 2.24. The summed E-state index contributed by atoms with van der Waals surface area (Å²) >= 11 is 0. The molecule has 174 valence electrons. The van der Waals surface area contributed by atoms with Gasteiger partial charge in [-0.1, -0.05) is 42.5 Å². The minimum absolute atomic E-state index is 0.00552. The van der Waals surface area contributed by atoms with Crippen LogP contribution in [0.15, 0.2) is 79.1 Å². The molecule has 4 aromatic rings. The van der Waals surface area contributed by atoms with E-state index in [9.17, 15) is 9.59 Å². The van der Waals surface area contributed by atoms with Crippen LogP contribution < -0.4 is 5.32 Å². The molecule has 1 atom stereocenters. The Morgan fingerprint density at radius 3 is 2.41 bits per heavy atom. The van der Waals surface area contributed by atoms with Gasteiger partial charge in [-0.15, -0.1) is 0 Å². The van der Waals surface area contributed by atoms with Crippen LogP contribution in [-0.2, 0) is 17.9 Å². The van der Waals surface area contributed by atoms with Crippen LogP contribution in [0.3, 0.4) is 0 Å². The third kappa shape index (κ3) is 5.14. The number of fused-ring (bicyclic) bond motifs is 1. The van der Waals surface area contributed by atoms with Crippen molar-refractivity contribution in [3.63, 3.8) is 0 Å². The molecule has 2 aromatic carbocycles. The molecular formula is C27H29N5O2. The standard InChI is InChI=1S/C27H29N5O2/c1-19(2)31(17-21-10-5-4-6-11-21)25(33)18-32-24-14-8-7-13-23(24)30-26(32)20(3)29-27(34)22-12-9-15-28-16-22/h4-16,19-20H,17-18H2,1-3H3,(H,29,34). The largest absolute Gasteiger partial charge is 0.342 e. The van der Waals surface area contributed by atoms with Crippen LogP contribution in [0, 0.1) is 0 Å². The summed E-state index contributed by atoms with van der Waals surface area (Å²) in [6.45, 7) is 6.58. The van der Waals surface area contributed by atoms with Crippen LogP contribution >= 0.6 is 0 Å². The zero-order valence-electron chi connectivity index (χ0n) is 19.7. The maximum atomic E-state index is 13.5. The Bertz CT molecular complexity index is 1270. The van der Waals surface area contributed by atoms with E-state index in [2.05, 4.69) is 10.3 Å². The number of amides is 2. The molecule has 0 aliphatic heterocycles. The van der Waals surface area contributed by atoms with E-state index in [4.69, 9.17) is 4.98 Å². The van der Waals surface area contributed by atoms with Gasteiger partial charge in [0, 0.05) is 25.0 Å². The number of nitrogens with zero attached hydrogens (tertiary/aromatic N) is 4. The predicted octanol–water partition coefficient (Wildman–Crippen LogP) is 4.36. The van der Waals surface area contributed by atoms with Gasteiger partial charge in [0.1, 0.15) is 12.4 Å². The van der Waals surface area contributed by atoms with Crippen molar-refractivity contribution in [3.8, 4) is 0 Å². The van der Waals surface area contributed by atoms with Crippen molar-refractivity contribution < 1.29 is 9.59 Å². The van der Waals surface area contributed by atoms with Crippen LogP contribution in [0.4, 0.5) is 0 Å². The van der Waals surface area contributed by atoms with Gasteiger partial charge < -0.3 is 14.8 Å². The van der Waals surface area contributed by atoms with Crippen LogP contribution in [0.2, 0.25) is 0 Å². The molecule has 0 spiro atoms. The molecule has 2 amide bonds. The first-order valence-corrected chi connectivity index (χ1v) is 11.4. The van der Waals surface area contributed by atoms with Gasteiger partial charge >= 0.3 is 0 Å². The fourth-order valence-corrected chi connectivity index (χ4v) is 4.00.